The van der Waals surface area contributed by atoms with Crippen LogP contribution in [0.5, 0.6) is 0 Å². The van der Waals surface area contributed by atoms with Gasteiger partial charge in [0.1, 0.15) is 5.82 Å². The third-order valence-corrected chi connectivity index (χ3v) is 14.3. The number of hydrogen-bond acceptors (Lipinski definition) is 4. The molecule has 0 bridgehead atoms. The van der Waals surface area contributed by atoms with E-state index in [4.69, 9.17) is 19.4 Å². The predicted molar refractivity (Wildman–Crippen MR) is 288 cm³/mol. The number of hydrogen-bond donors (Lipinski definition) is 0. The van der Waals surface area contributed by atoms with Gasteiger partial charge in [-0.3, -0.25) is 0 Å². The zero-order valence-corrected chi connectivity index (χ0v) is 38.2. The van der Waals surface area contributed by atoms with Gasteiger partial charge in [0.25, 0.3) is 0 Å². The molecule has 0 radical (unpaired) electrons. The molecule has 0 spiro atoms. The molecule has 4 aromatic heterocycles. The van der Waals surface area contributed by atoms with Crippen molar-refractivity contribution >= 4 is 65.6 Å². The van der Waals surface area contributed by atoms with Gasteiger partial charge in [0.15, 0.2) is 22.8 Å². The summed E-state index contributed by atoms with van der Waals surface area (Å²) in [5.41, 5.74) is 14.4. The summed E-state index contributed by atoms with van der Waals surface area (Å²) in [5, 5.41) is 6.67. The molecular weight excluding hydrogens is 855 g/mol. The molecule has 2 unspecified atom stereocenters. The number of para-hydroxylation sites is 3. The molecular formula is C64H43N5O. The summed E-state index contributed by atoms with van der Waals surface area (Å²) in [6.07, 6.45) is 8.64. The van der Waals surface area contributed by atoms with Gasteiger partial charge >= 0.3 is 0 Å². The first kappa shape index (κ1) is 40.0. The summed E-state index contributed by atoms with van der Waals surface area (Å²) in [6.45, 7) is 2.22. The van der Waals surface area contributed by atoms with Crippen molar-refractivity contribution in [1.82, 2.24) is 24.1 Å². The summed E-state index contributed by atoms with van der Waals surface area (Å²) in [4.78, 5) is 15.9. The highest BCUT2D eigenvalue weighted by atomic mass is 16.3. The molecule has 0 aliphatic heterocycles. The summed E-state index contributed by atoms with van der Waals surface area (Å²) >= 11 is 0. The Bertz CT molecular complexity index is 4250. The van der Waals surface area contributed by atoms with Crippen molar-refractivity contribution in [3.8, 4) is 56.4 Å². The van der Waals surface area contributed by atoms with Gasteiger partial charge in [-0.25, -0.2) is 15.0 Å². The van der Waals surface area contributed by atoms with Gasteiger partial charge in [-0.1, -0.05) is 189 Å². The van der Waals surface area contributed by atoms with Crippen LogP contribution < -0.4 is 0 Å². The fourth-order valence-corrected chi connectivity index (χ4v) is 10.9. The number of nitrogens with zero attached hydrogens (tertiary/aromatic N) is 5. The monoisotopic (exact) mass is 897 g/mol. The highest BCUT2D eigenvalue weighted by Crippen LogP contribution is 2.45. The lowest BCUT2D eigenvalue weighted by atomic mass is 9.89. The third kappa shape index (κ3) is 6.30. The number of aromatic nitrogens is 5. The molecule has 0 fully saturated rings. The lowest BCUT2D eigenvalue weighted by molar-refractivity contribution is 0.600. The molecule has 1 aliphatic rings. The second-order valence-electron chi connectivity index (χ2n) is 18.4. The zero-order chi connectivity index (χ0) is 46.3. The molecule has 70 heavy (non-hydrogen) atoms. The van der Waals surface area contributed by atoms with Crippen LogP contribution in [0.3, 0.4) is 0 Å². The van der Waals surface area contributed by atoms with Crippen LogP contribution in [0.15, 0.2) is 235 Å². The lowest BCUT2D eigenvalue weighted by Crippen LogP contribution is -2.14. The largest absolute Gasteiger partial charge is 0.452 e. The van der Waals surface area contributed by atoms with Gasteiger partial charge in [0, 0.05) is 55.0 Å². The van der Waals surface area contributed by atoms with E-state index in [1.165, 1.54) is 10.9 Å². The molecule has 2 atom stereocenters. The average molecular weight is 898 g/mol. The van der Waals surface area contributed by atoms with Gasteiger partial charge < -0.3 is 13.6 Å². The van der Waals surface area contributed by atoms with Crippen LogP contribution in [0, 0.1) is 5.92 Å². The van der Waals surface area contributed by atoms with Crippen molar-refractivity contribution in [2.45, 2.75) is 12.8 Å². The first-order valence-corrected chi connectivity index (χ1v) is 24.0. The quantitative estimate of drug-likeness (QED) is 0.160. The van der Waals surface area contributed by atoms with E-state index in [1.54, 1.807) is 0 Å². The van der Waals surface area contributed by atoms with E-state index < -0.39 is 0 Å². The second-order valence-corrected chi connectivity index (χ2v) is 18.4. The molecule has 0 saturated carbocycles. The van der Waals surface area contributed by atoms with Crippen LogP contribution in [-0.4, -0.2) is 24.1 Å². The molecule has 4 heterocycles. The van der Waals surface area contributed by atoms with Crippen molar-refractivity contribution < 1.29 is 4.42 Å². The Morgan fingerprint density at radius 1 is 0.400 bits per heavy atom. The molecule has 1 aliphatic carbocycles. The van der Waals surface area contributed by atoms with E-state index in [-0.39, 0.29) is 11.8 Å². The Morgan fingerprint density at radius 2 is 0.929 bits per heavy atom. The molecule has 0 amide bonds. The maximum absolute atomic E-state index is 7.45. The molecule has 9 aromatic carbocycles. The summed E-state index contributed by atoms with van der Waals surface area (Å²) in [7, 11) is 0. The van der Waals surface area contributed by atoms with Crippen molar-refractivity contribution in [3.63, 3.8) is 0 Å². The topological polar surface area (TPSA) is 61.7 Å². The maximum atomic E-state index is 7.45. The van der Waals surface area contributed by atoms with Gasteiger partial charge in [-0.15, -0.1) is 0 Å². The van der Waals surface area contributed by atoms with E-state index >= 15 is 0 Å². The number of benzene rings is 9. The normalized spacial score (nSPS) is 14.8. The van der Waals surface area contributed by atoms with E-state index in [0.717, 1.165) is 105 Å². The number of furan rings is 1. The van der Waals surface area contributed by atoms with Crippen LogP contribution >= 0.6 is 0 Å². The zero-order valence-electron chi connectivity index (χ0n) is 38.2. The smallest absolute Gasteiger partial charge is 0.165 e. The van der Waals surface area contributed by atoms with Gasteiger partial charge in [-0.2, -0.15) is 0 Å². The first-order chi connectivity index (χ1) is 34.6. The number of rotatable bonds is 7. The van der Waals surface area contributed by atoms with E-state index in [9.17, 15) is 0 Å². The summed E-state index contributed by atoms with van der Waals surface area (Å²) < 4.78 is 12.2. The third-order valence-electron chi connectivity index (χ3n) is 14.3. The first-order valence-electron chi connectivity index (χ1n) is 24.0. The van der Waals surface area contributed by atoms with Gasteiger partial charge in [0.2, 0.25) is 0 Å². The molecule has 6 nitrogen and oxygen atoms in total. The molecule has 0 N–H and O–H groups in total. The Morgan fingerprint density at radius 3 is 1.63 bits per heavy atom. The highest BCUT2D eigenvalue weighted by molar-refractivity contribution is 6.26. The van der Waals surface area contributed by atoms with Gasteiger partial charge in [-0.05, 0) is 76.7 Å². The van der Waals surface area contributed by atoms with E-state index in [2.05, 4.69) is 241 Å². The second kappa shape index (κ2) is 16.0. The fraction of sp³-hybridized carbons (Fsp3) is 0.0469. The van der Waals surface area contributed by atoms with Crippen LogP contribution in [0.25, 0.3) is 122 Å². The molecule has 13 aromatic rings. The maximum Gasteiger partial charge on any atom is 0.165 e. The van der Waals surface area contributed by atoms with Crippen LogP contribution in [0.1, 0.15) is 18.7 Å². The lowest BCUT2D eigenvalue weighted by Gasteiger charge is -2.20. The minimum atomic E-state index is -0.0158. The average Bonchev–Trinajstić information content (AvgIpc) is 4.10. The molecule has 14 rings (SSSR count). The minimum Gasteiger partial charge on any atom is -0.452 e. The van der Waals surface area contributed by atoms with E-state index in [0.29, 0.717) is 11.6 Å². The Balaban J connectivity index is 1.01. The van der Waals surface area contributed by atoms with E-state index in [1.807, 2.05) is 6.07 Å². The Hall–Kier alpha value is -9.13. The Kier molecular flexibility index (Phi) is 9.14. The SMILES string of the molecule is CC1C=CC=CC1c1nc(-c2ccc(-c3ccccc3)cc2)nc(-c2ccccc2-n2c3ccccc3c3ccc4c5ccc6c7ccccc7n(-c7cccc(-c8ccccc8)c7)c6c5oc4c32)n1. The molecule has 6 heteroatoms. The molecule has 0 saturated heterocycles. The van der Waals surface area contributed by atoms with Crippen LogP contribution in [0.4, 0.5) is 0 Å². The van der Waals surface area contributed by atoms with Crippen LogP contribution in [-0.2, 0) is 0 Å². The predicted octanol–water partition coefficient (Wildman–Crippen LogP) is 16.5. The van der Waals surface area contributed by atoms with Crippen molar-refractivity contribution in [1.29, 1.82) is 0 Å². The fourth-order valence-electron chi connectivity index (χ4n) is 10.9. The summed E-state index contributed by atoms with van der Waals surface area (Å²) in [6, 6.07) is 73.3. The number of allylic oxidation sites excluding steroid dienone is 4. The highest BCUT2D eigenvalue weighted by Gasteiger charge is 2.26. The number of fused-ring (bicyclic) bond motifs is 11. The minimum absolute atomic E-state index is 0.0158. The van der Waals surface area contributed by atoms with Crippen molar-refractivity contribution in [3.05, 3.63) is 236 Å². The van der Waals surface area contributed by atoms with Crippen LogP contribution in [0.2, 0.25) is 0 Å². The van der Waals surface area contributed by atoms with Crippen molar-refractivity contribution in [2.24, 2.45) is 5.92 Å². The standard InChI is InChI=1S/C64H43N5O/c1-40-17-8-9-24-47(40)63-65-62(44-33-31-43(32-34-44)41-18-4-2-5-19-41)66-64(67-63)54-27-12-15-30-57(54)69-56-29-14-11-26-49(56)51-36-38-53-52-37-35-50-48-25-10-13-28-55(48)68(58(50)60(52)70-61(53)59(51)69)46-23-16-22-45(39-46)42-20-6-3-7-21-42/h2-40,47H,1H3. The Labute approximate surface area is 403 Å². The van der Waals surface area contributed by atoms with Crippen molar-refractivity contribution in [2.75, 3.05) is 0 Å². The molecule has 330 valence electrons. The summed E-state index contributed by atoms with van der Waals surface area (Å²) in [5.74, 6) is 2.19. The van der Waals surface area contributed by atoms with Gasteiger partial charge in [0.05, 0.1) is 27.8 Å².